The van der Waals surface area contributed by atoms with Gasteiger partial charge in [-0.25, -0.2) is 9.59 Å². The smallest absolute Gasteiger partial charge is 0.344 e. The second-order valence-corrected chi connectivity index (χ2v) is 4.77. The van der Waals surface area contributed by atoms with Gasteiger partial charge in [0.15, 0.2) is 22.7 Å². The van der Waals surface area contributed by atoms with E-state index in [-0.39, 0.29) is 43.3 Å². The Kier molecular flexibility index (Phi) is 3.07. The van der Waals surface area contributed by atoms with E-state index in [2.05, 4.69) is 0 Å². The fourth-order valence-corrected chi connectivity index (χ4v) is 2.58. The zero-order valence-electron chi connectivity index (χ0n) is 11.1. The molecule has 0 aliphatic rings. The molecule has 0 radical (unpaired) electrons. The fraction of sp³-hybridized carbons (Fsp3) is 0. The van der Waals surface area contributed by atoms with Crippen molar-refractivity contribution >= 4 is 32.7 Å². The summed E-state index contributed by atoms with van der Waals surface area (Å²) in [5.41, 5.74) is -2.70. The molecular weight excluding hydrogens is 344 g/mol. The van der Waals surface area contributed by atoms with Crippen LogP contribution in [-0.4, -0.2) is 20.4 Å². The van der Waals surface area contributed by atoms with Crippen LogP contribution in [0.25, 0.3) is 32.7 Å². The van der Waals surface area contributed by atoms with E-state index in [9.17, 15) is 30.0 Å². The number of rotatable bonds is 0. The van der Waals surface area contributed by atoms with E-state index >= 15 is 0 Å². The molecule has 2 heterocycles. The summed E-state index contributed by atoms with van der Waals surface area (Å²) in [7, 11) is 0. The topological polar surface area (TPSA) is 141 Å². The Morgan fingerprint density at radius 2 is 1.04 bits per heavy atom. The van der Waals surface area contributed by atoms with E-state index in [0.717, 1.165) is 12.1 Å². The summed E-state index contributed by atoms with van der Waals surface area (Å²) in [4.78, 5) is 24.0. The Labute approximate surface area is 140 Å². The third-order valence-electron chi connectivity index (χ3n) is 3.55. The minimum absolute atomic E-state index is 0. The van der Waals surface area contributed by atoms with Crippen LogP contribution < -0.4 is 11.3 Å². The molecule has 8 nitrogen and oxygen atoms in total. The molecule has 0 spiro atoms. The zero-order chi connectivity index (χ0) is 15.8. The molecule has 0 fully saturated rings. The van der Waals surface area contributed by atoms with Crippen LogP contribution in [0.2, 0.25) is 0 Å². The van der Waals surface area contributed by atoms with Crippen molar-refractivity contribution in [1.29, 1.82) is 0 Å². The number of hydrogen-bond acceptors (Lipinski definition) is 8. The summed E-state index contributed by atoms with van der Waals surface area (Å²) in [6.45, 7) is 0. The van der Waals surface area contributed by atoms with Crippen molar-refractivity contribution in [3.05, 3.63) is 33.0 Å². The number of benzene rings is 2. The van der Waals surface area contributed by atoms with Gasteiger partial charge >= 0.3 is 11.3 Å². The van der Waals surface area contributed by atoms with Gasteiger partial charge in [-0.1, -0.05) is 0 Å². The van der Waals surface area contributed by atoms with Crippen molar-refractivity contribution in [2.24, 2.45) is 0 Å². The maximum atomic E-state index is 12.0. The third-order valence-corrected chi connectivity index (χ3v) is 3.55. The molecule has 2 aromatic heterocycles. The maximum absolute atomic E-state index is 12.0. The zero-order valence-corrected chi connectivity index (χ0v) is 12.6. The van der Waals surface area contributed by atoms with Gasteiger partial charge < -0.3 is 29.3 Å². The predicted molar refractivity (Wildman–Crippen MR) is 73.9 cm³/mol. The Hall–Kier alpha value is -2.71. The van der Waals surface area contributed by atoms with Crippen LogP contribution in [-0.2, 0) is 21.7 Å². The number of aromatic hydroxyl groups is 4. The van der Waals surface area contributed by atoms with Crippen molar-refractivity contribution in [3.8, 4) is 23.0 Å². The predicted octanol–water partition coefficient (Wildman–Crippen LogP) is 1.31. The quantitative estimate of drug-likeness (QED) is 0.161. The molecule has 114 valence electrons. The number of phenols is 4. The first-order valence-electron chi connectivity index (χ1n) is 6.02. The van der Waals surface area contributed by atoms with E-state index in [4.69, 9.17) is 8.83 Å². The van der Waals surface area contributed by atoms with Crippen LogP contribution in [0.1, 0.15) is 0 Å². The van der Waals surface area contributed by atoms with Gasteiger partial charge in [-0.3, -0.25) is 0 Å². The summed E-state index contributed by atoms with van der Waals surface area (Å²) in [6, 6.07) is 1.93. The first kappa shape index (κ1) is 15.2. The van der Waals surface area contributed by atoms with Crippen LogP contribution in [0.15, 0.2) is 30.6 Å². The molecule has 0 bridgehead atoms. The first-order chi connectivity index (χ1) is 10.4. The van der Waals surface area contributed by atoms with Crippen LogP contribution >= 0.6 is 0 Å². The van der Waals surface area contributed by atoms with Crippen molar-refractivity contribution in [1.82, 2.24) is 0 Å². The van der Waals surface area contributed by atoms with Crippen LogP contribution in [0, 0.1) is 0 Å². The second kappa shape index (κ2) is 4.64. The van der Waals surface area contributed by atoms with E-state index in [1.165, 1.54) is 0 Å². The van der Waals surface area contributed by atoms with E-state index in [0.29, 0.717) is 0 Å². The van der Waals surface area contributed by atoms with Gasteiger partial charge in [0, 0.05) is 32.5 Å². The van der Waals surface area contributed by atoms with Crippen molar-refractivity contribution in [2.75, 3.05) is 0 Å². The van der Waals surface area contributed by atoms with E-state index in [1.807, 2.05) is 0 Å². The second-order valence-electron chi connectivity index (χ2n) is 4.77. The van der Waals surface area contributed by atoms with Crippen molar-refractivity contribution < 1.29 is 51.0 Å². The van der Waals surface area contributed by atoms with Gasteiger partial charge in [-0.2, -0.15) is 0 Å². The summed E-state index contributed by atoms with van der Waals surface area (Å²) in [5.74, 6) is -2.75. The molecule has 2 aromatic carbocycles. The average Bonchev–Trinajstić information content (AvgIpc) is 2.47. The maximum Gasteiger partial charge on any atom is 0.344 e. The Balaban J connectivity index is 0.00000156. The van der Waals surface area contributed by atoms with Gasteiger partial charge in [-0.05, 0) is 12.1 Å². The summed E-state index contributed by atoms with van der Waals surface area (Å²) >= 11 is 0. The number of hydrogen-bond donors (Lipinski definition) is 4. The van der Waals surface area contributed by atoms with Gasteiger partial charge in [0.1, 0.15) is 0 Å². The first-order valence-corrected chi connectivity index (χ1v) is 6.02. The van der Waals surface area contributed by atoms with Gasteiger partial charge in [0.25, 0.3) is 0 Å². The molecule has 0 saturated heterocycles. The molecule has 0 aliphatic carbocycles. The fourth-order valence-electron chi connectivity index (χ4n) is 2.58. The molecule has 0 aliphatic heterocycles. The molecule has 0 atom stereocenters. The van der Waals surface area contributed by atoms with Gasteiger partial charge in [-0.15, -0.1) is 0 Å². The Bertz CT molecular complexity index is 1110. The molecule has 9 heteroatoms. The normalized spacial score (nSPS) is 11.3. The molecule has 4 aromatic rings. The molecule has 0 unspecified atom stereocenters. The largest absolute Gasteiger partial charge is 0.504 e. The van der Waals surface area contributed by atoms with Crippen LogP contribution in [0.5, 0.6) is 23.0 Å². The van der Waals surface area contributed by atoms with E-state index < -0.39 is 45.4 Å². The minimum Gasteiger partial charge on any atom is -0.504 e. The molecule has 0 saturated carbocycles. The third kappa shape index (κ3) is 1.76. The monoisotopic (exact) mass is 350 g/mol. The van der Waals surface area contributed by atoms with Crippen LogP contribution in [0.4, 0.5) is 0 Å². The SMILES string of the molecule is O=c1oc2c(O)c(O)cc3c(=O)oc4c(O)c(O)cc1c4c23.[Ti]. The molecule has 0 amide bonds. The van der Waals surface area contributed by atoms with Gasteiger partial charge in [0.2, 0.25) is 11.5 Å². The Morgan fingerprint density at radius 1 is 0.696 bits per heavy atom. The standard InChI is InChI=1S/C14H6O8.Ti/c15-5-1-3-7-8-4(14(20)22-11(7)9(5)17)2-6(16)10(18)12(8)21-13(3)19;/h1-2,15-18H;. The molecular formula is C14H6O8Ti. The Morgan fingerprint density at radius 3 is 1.39 bits per heavy atom. The molecule has 4 N–H and O–H groups in total. The minimum atomic E-state index is -0.941. The average molecular weight is 350 g/mol. The summed E-state index contributed by atoms with van der Waals surface area (Å²) in [6.07, 6.45) is 0. The summed E-state index contributed by atoms with van der Waals surface area (Å²) in [5, 5.41) is 38.7. The van der Waals surface area contributed by atoms with Crippen molar-refractivity contribution in [3.63, 3.8) is 0 Å². The van der Waals surface area contributed by atoms with Gasteiger partial charge in [0.05, 0.1) is 10.8 Å². The number of phenolic OH excluding ortho intramolecular Hbond substituents is 4. The van der Waals surface area contributed by atoms with E-state index in [1.54, 1.807) is 0 Å². The van der Waals surface area contributed by atoms with Crippen molar-refractivity contribution in [2.45, 2.75) is 0 Å². The van der Waals surface area contributed by atoms with Crippen LogP contribution in [0.3, 0.4) is 0 Å². The molecule has 23 heavy (non-hydrogen) atoms. The molecule has 4 rings (SSSR count). The summed E-state index contributed by atoms with van der Waals surface area (Å²) < 4.78 is 9.87.